The predicted molar refractivity (Wildman–Crippen MR) is 64.8 cm³/mol. The Morgan fingerprint density at radius 3 is 2.47 bits per heavy atom. The van der Waals surface area contributed by atoms with E-state index in [1.807, 2.05) is 0 Å². The summed E-state index contributed by atoms with van der Waals surface area (Å²) in [6.45, 7) is 0. The van der Waals surface area contributed by atoms with Crippen molar-refractivity contribution in [1.29, 1.82) is 0 Å². The second-order valence-corrected chi connectivity index (χ2v) is 4.38. The Balaban J connectivity index is 2.60. The van der Waals surface area contributed by atoms with E-state index in [1.54, 1.807) is 13.3 Å². The van der Waals surface area contributed by atoms with Gasteiger partial charge in [-0.2, -0.15) is 5.10 Å². The Labute approximate surface area is 102 Å². The van der Waals surface area contributed by atoms with E-state index in [-0.39, 0.29) is 10.5 Å². The number of nitrogens with zero attached hydrogens (tertiary/aromatic N) is 2. The van der Waals surface area contributed by atoms with Gasteiger partial charge in [0.25, 0.3) is 0 Å². The first-order valence-electron chi connectivity index (χ1n) is 4.85. The van der Waals surface area contributed by atoms with Gasteiger partial charge in [-0.15, -0.1) is 11.8 Å². The van der Waals surface area contributed by atoms with Crippen LogP contribution >= 0.6 is 11.8 Å². The van der Waals surface area contributed by atoms with Crippen LogP contribution in [0.15, 0.2) is 23.2 Å². The lowest BCUT2D eigenvalue weighted by molar-refractivity contribution is 0.580. The monoisotopic (exact) mass is 255 g/mol. The molecular formula is C11H11F2N3S. The fraction of sp³-hybridized carbons (Fsp3) is 0.182. The average Bonchev–Trinajstić information content (AvgIpc) is 2.63. The lowest BCUT2D eigenvalue weighted by Gasteiger charge is -2.06. The van der Waals surface area contributed by atoms with Crippen LogP contribution < -0.4 is 5.73 Å². The first kappa shape index (κ1) is 11.9. The first-order chi connectivity index (χ1) is 8.04. The summed E-state index contributed by atoms with van der Waals surface area (Å²) in [5, 5.41) is 3.90. The molecule has 2 rings (SSSR count). The number of benzene rings is 1. The Kier molecular flexibility index (Phi) is 3.06. The highest BCUT2D eigenvalue weighted by molar-refractivity contribution is 7.98. The number of nitrogen functional groups attached to an aromatic ring is 1. The third-order valence-electron chi connectivity index (χ3n) is 2.52. The van der Waals surface area contributed by atoms with E-state index in [4.69, 9.17) is 5.73 Å². The summed E-state index contributed by atoms with van der Waals surface area (Å²) in [6, 6.07) is 2.32. The SMILES string of the molecule is CSc1cc(F)c(-c2cnn(C)c2N)cc1F. The molecule has 0 amide bonds. The molecule has 3 nitrogen and oxygen atoms in total. The molecule has 0 saturated carbocycles. The van der Waals surface area contributed by atoms with Gasteiger partial charge in [0.05, 0.1) is 6.20 Å². The molecule has 0 atom stereocenters. The molecular weight excluding hydrogens is 244 g/mol. The fourth-order valence-corrected chi connectivity index (χ4v) is 2.02. The molecule has 0 fully saturated rings. The van der Waals surface area contributed by atoms with E-state index in [2.05, 4.69) is 5.10 Å². The van der Waals surface area contributed by atoms with Crippen LogP contribution in [0, 0.1) is 11.6 Å². The molecule has 0 unspecified atom stereocenters. The average molecular weight is 255 g/mol. The minimum absolute atomic E-state index is 0.130. The molecule has 2 aromatic rings. The number of rotatable bonds is 2. The second-order valence-electron chi connectivity index (χ2n) is 3.53. The van der Waals surface area contributed by atoms with Gasteiger partial charge in [-0.3, -0.25) is 4.68 Å². The van der Waals surface area contributed by atoms with Crippen molar-refractivity contribution in [3.8, 4) is 11.1 Å². The van der Waals surface area contributed by atoms with Crippen LogP contribution in [0.2, 0.25) is 0 Å². The van der Waals surface area contributed by atoms with Crippen LogP contribution in [0.4, 0.5) is 14.6 Å². The molecule has 0 spiro atoms. The molecule has 1 heterocycles. The van der Waals surface area contributed by atoms with Crippen LogP contribution in [0.5, 0.6) is 0 Å². The number of hydrogen-bond acceptors (Lipinski definition) is 3. The van der Waals surface area contributed by atoms with Gasteiger partial charge in [0.1, 0.15) is 17.5 Å². The standard InChI is InChI=1S/C11H11F2N3S/c1-16-11(14)7(5-15-16)6-3-9(13)10(17-2)4-8(6)12/h3-5H,14H2,1-2H3. The van der Waals surface area contributed by atoms with Gasteiger partial charge in [-0.05, 0) is 18.4 Å². The van der Waals surface area contributed by atoms with Gasteiger partial charge >= 0.3 is 0 Å². The van der Waals surface area contributed by atoms with Gasteiger partial charge in [-0.25, -0.2) is 8.78 Å². The molecule has 2 N–H and O–H groups in total. The number of hydrogen-bond donors (Lipinski definition) is 1. The van der Waals surface area contributed by atoms with Crippen molar-refractivity contribution in [2.75, 3.05) is 12.0 Å². The van der Waals surface area contributed by atoms with Crippen LogP contribution in [-0.4, -0.2) is 16.0 Å². The molecule has 0 aliphatic carbocycles. The molecule has 0 aliphatic rings. The fourth-order valence-electron chi connectivity index (χ4n) is 1.55. The smallest absolute Gasteiger partial charge is 0.137 e. The van der Waals surface area contributed by atoms with Crippen LogP contribution in [0.3, 0.4) is 0 Å². The van der Waals surface area contributed by atoms with Gasteiger partial charge < -0.3 is 5.73 Å². The van der Waals surface area contributed by atoms with Crippen molar-refractivity contribution in [3.05, 3.63) is 30.0 Å². The van der Waals surface area contributed by atoms with E-state index in [9.17, 15) is 8.78 Å². The van der Waals surface area contributed by atoms with Crippen molar-refractivity contribution < 1.29 is 8.78 Å². The number of halogens is 2. The third kappa shape index (κ3) is 2.00. The Morgan fingerprint density at radius 1 is 1.24 bits per heavy atom. The van der Waals surface area contributed by atoms with Gasteiger partial charge in [0, 0.05) is 23.1 Å². The molecule has 0 radical (unpaired) electrons. The number of thioether (sulfide) groups is 1. The topological polar surface area (TPSA) is 43.8 Å². The molecule has 17 heavy (non-hydrogen) atoms. The van der Waals surface area contributed by atoms with Crippen molar-refractivity contribution in [3.63, 3.8) is 0 Å². The van der Waals surface area contributed by atoms with Gasteiger partial charge in [0.2, 0.25) is 0 Å². The summed E-state index contributed by atoms with van der Waals surface area (Å²) in [4.78, 5) is 0.272. The predicted octanol–water partition coefficient (Wildman–Crippen LogP) is 2.67. The highest BCUT2D eigenvalue weighted by Crippen LogP contribution is 2.31. The Bertz CT molecular complexity index is 566. The molecule has 6 heteroatoms. The van der Waals surface area contributed by atoms with Crippen LogP contribution in [0.25, 0.3) is 11.1 Å². The summed E-state index contributed by atoms with van der Waals surface area (Å²) < 4.78 is 28.8. The van der Waals surface area contributed by atoms with Crippen molar-refractivity contribution in [2.45, 2.75) is 4.90 Å². The zero-order chi connectivity index (χ0) is 12.6. The van der Waals surface area contributed by atoms with E-state index >= 15 is 0 Å². The summed E-state index contributed by atoms with van der Waals surface area (Å²) >= 11 is 1.16. The first-order valence-corrected chi connectivity index (χ1v) is 6.08. The quantitative estimate of drug-likeness (QED) is 0.839. The molecule has 0 aliphatic heterocycles. The van der Waals surface area contributed by atoms with E-state index in [0.717, 1.165) is 17.8 Å². The second kappa shape index (κ2) is 4.37. The molecule has 1 aromatic carbocycles. The number of nitrogens with two attached hydrogens (primary N) is 1. The van der Waals surface area contributed by atoms with Crippen molar-refractivity contribution >= 4 is 17.6 Å². The Morgan fingerprint density at radius 2 is 1.94 bits per heavy atom. The van der Waals surface area contributed by atoms with E-state index in [1.165, 1.54) is 16.9 Å². The van der Waals surface area contributed by atoms with Crippen LogP contribution in [0.1, 0.15) is 0 Å². The van der Waals surface area contributed by atoms with Gasteiger partial charge in [-0.1, -0.05) is 0 Å². The number of aromatic nitrogens is 2. The summed E-state index contributed by atoms with van der Waals surface area (Å²) in [5.41, 5.74) is 6.26. The third-order valence-corrected chi connectivity index (χ3v) is 3.27. The minimum Gasteiger partial charge on any atom is -0.383 e. The maximum absolute atomic E-state index is 13.8. The largest absolute Gasteiger partial charge is 0.383 e. The highest BCUT2D eigenvalue weighted by Gasteiger charge is 2.15. The molecule has 0 saturated heterocycles. The maximum Gasteiger partial charge on any atom is 0.137 e. The van der Waals surface area contributed by atoms with Crippen molar-refractivity contribution in [1.82, 2.24) is 9.78 Å². The van der Waals surface area contributed by atoms with E-state index in [0.29, 0.717) is 11.4 Å². The summed E-state index contributed by atoms with van der Waals surface area (Å²) in [6.07, 6.45) is 3.11. The Hall–Kier alpha value is -1.56. The zero-order valence-electron chi connectivity index (χ0n) is 9.37. The minimum atomic E-state index is -0.504. The maximum atomic E-state index is 13.8. The van der Waals surface area contributed by atoms with Crippen molar-refractivity contribution in [2.24, 2.45) is 7.05 Å². The number of aryl methyl sites for hydroxylation is 1. The van der Waals surface area contributed by atoms with Crippen LogP contribution in [-0.2, 0) is 7.05 Å². The molecule has 90 valence electrons. The molecule has 0 bridgehead atoms. The summed E-state index contributed by atoms with van der Waals surface area (Å²) in [5.74, 6) is -0.659. The normalized spacial score (nSPS) is 10.8. The van der Waals surface area contributed by atoms with E-state index < -0.39 is 11.6 Å². The highest BCUT2D eigenvalue weighted by atomic mass is 32.2. The molecule has 1 aromatic heterocycles. The number of anilines is 1. The lowest BCUT2D eigenvalue weighted by Crippen LogP contribution is -1.99. The summed E-state index contributed by atoms with van der Waals surface area (Å²) in [7, 11) is 1.64. The zero-order valence-corrected chi connectivity index (χ0v) is 10.2. The van der Waals surface area contributed by atoms with Gasteiger partial charge in [0.15, 0.2) is 0 Å². The lowest BCUT2D eigenvalue weighted by atomic mass is 10.1.